The first-order valence-corrected chi connectivity index (χ1v) is 6.63. The van der Waals surface area contributed by atoms with Crippen molar-refractivity contribution in [2.75, 3.05) is 20.2 Å². The van der Waals surface area contributed by atoms with Gasteiger partial charge in [0.25, 0.3) is 0 Å². The van der Waals surface area contributed by atoms with E-state index in [4.69, 9.17) is 22.7 Å². The van der Waals surface area contributed by atoms with Gasteiger partial charge in [0.15, 0.2) is 0 Å². The molecule has 0 spiro atoms. The normalized spacial score (nSPS) is 21.9. The number of thiocarbonyl (C=S) groups is 1. The van der Waals surface area contributed by atoms with E-state index < -0.39 is 0 Å². The molecule has 1 aliphatic heterocycles. The molecule has 1 fully saturated rings. The Morgan fingerprint density at radius 3 is 2.76 bits per heavy atom. The zero-order valence-corrected chi connectivity index (χ0v) is 11.5. The molecule has 4 nitrogen and oxygen atoms in total. The van der Waals surface area contributed by atoms with E-state index in [1.807, 2.05) is 6.92 Å². The van der Waals surface area contributed by atoms with Gasteiger partial charge in [0.1, 0.15) is 0 Å². The van der Waals surface area contributed by atoms with Gasteiger partial charge in [-0.3, -0.25) is 4.79 Å². The van der Waals surface area contributed by atoms with Gasteiger partial charge < -0.3 is 15.4 Å². The van der Waals surface area contributed by atoms with Crippen molar-refractivity contribution in [3.63, 3.8) is 0 Å². The van der Waals surface area contributed by atoms with Crippen molar-refractivity contribution < 1.29 is 9.53 Å². The first-order valence-electron chi connectivity index (χ1n) is 6.22. The lowest BCUT2D eigenvalue weighted by atomic mass is 10.0. The van der Waals surface area contributed by atoms with Gasteiger partial charge in [0.05, 0.1) is 17.0 Å². The molecule has 2 atom stereocenters. The average molecular weight is 258 g/mol. The van der Waals surface area contributed by atoms with Crippen LogP contribution in [-0.4, -0.2) is 42.1 Å². The minimum Gasteiger partial charge on any atom is -0.393 e. The number of hydrogen-bond acceptors (Lipinski definition) is 3. The second-order valence-electron chi connectivity index (χ2n) is 4.57. The second kappa shape index (κ2) is 6.91. The highest BCUT2D eigenvalue weighted by atomic mass is 32.1. The predicted octanol–water partition coefficient (Wildman–Crippen LogP) is 1.33. The van der Waals surface area contributed by atoms with E-state index >= 15 is 0 Å². The van der Waals surface area contributed by atoms with Gasteiger partial charge in [0.2, 0.25) is 5.91 Å². The smallest absolute Gasteiger partial charge is 0.232 e. The topological polar surface area (TPSA) is 55.6 Å². The zero-order valence-electron chi connectivity index (χ0n) is 10.6. The van der Waals surface area contributed by atoms with Crippen LogP contribution in [0.5, 0.6) is 0 Å². The van der Waals surface area contributed by atoms with Crippen LogP contribution in [0, 0.1) is 5.92 Å². The van der Waals surface area contributed by atoms with Crippen molar-refractivity contribution in [3.8, 4) is 0 Å². The number of nitrogens with zero attached hydrogens (tertiary/aromatic N) is 1. The minimum atomic E-state index is -0.335. The van der Waals surface area contributed by atoms with E-state index in [-0.39, 0.29) is 22.9 Å². The summed E-state index contributed by atoms with van der Waals surface area (Å²) < 4.78 is 5.61. The number of hydrogen-bond donors (Lipinski definition) is 1. The third-order valence-corrected chi connectivity index (χ3v) is 3.46. The highest BCUT2D eigenvalue weighted by molar-refractivity contribution is 7.80. The van der Waals surface area contributed by atoms with E-state index in [2.05, 4.69) is 0 Å². The summed E-state index contributed by atoms with van der Waals surface area (Å²) in [5, 5.41) is 0. The van der Waals surface area contributed by atoms with Gasteiger partial charge in [-0.2, -0.15) is 0 Å². The van der Waals surface area contributed by atoms with Crippen molar-refractivity contribution in [1.29, 1.82) is 0 Å². The molecule has 1 aliphatic rings. The van der Waals surface area contributed by atoms with Gasteiger partial charge in [0, 0.05) is 20.2 Å². The Labute approximate surface area is 108 Å². The summed E-state index contributed by atoms with van der Waals surface area (Å²) in [6, 6.07) is 0. The maximum absolute atomic E-state index is 12.1. The predicted molar refractivity (Wildman–Crippen MR) is 71.8 cm³/mol. The van der Waals surface area contributed by atoms with Crippen LogP contribution in [0.3, 0.4) is 0 Å². The SMILES string of the molecule is CCC(C(=O)N(C)CC1CCCCO1)C(N)=S. The van der Waals surface area contributed by atoms with Gasteiger partial charge in [-0.1, -0.05) is 19.1 Å². The number of rotatable bonds is 5. The maximum atomic E-state index is 12.1. The molecule has 17 heavy (non-hydrogen) atoms. The summed E-state index contributed by atoms with van der Waals surface area (Å²) in [6.45, 7) is 3.36. The van der Waals surface area contributed by atoms with Crippen LogP contribution in [0.15, 0.2) is 0 Å². The van der Waals surface area contributed by atoms with E-state index in [1.54, 1.807) is 11.9 Å². The van der Waals surface area contributed by atoms with Crippen LogP contribution in [0.1, 0.15) is 32.6 Å². The lowest BCUT2D eigenvalue weighted by molar-refractivity contribution is -0.134. The van der Waals surface area contributed by atoms with Gasteiger partial charge in [-0.15, -0.1) is 0 Å². The van der Waals surface area contributed by atoms with Crippen LogP contribution >= 0.6 is 12.2 Å². The second-order valence-corrected chi connectivity index (χ2v) is 5.04. The molecule has 0 bridgehead atoms. The fourth-order valence-corrected chi connectivity index (χ4v) is 2.38. The number of amides is 1. The zero-order chi connectivity index (χ0) is 12.8. The monoisotopic (exact) mass is 258 g/mol. The molecule has 2 unspecified atom stereocenters. The van der Waals surface area contributed by atoms with Crippen LogP contribution < -0.4 is 5.73 Å². The molecule has 0 aromatic heterocycles. The molecule has 98 valence electrons. The molecular weight excluding hydrogens is 236 g/mol. The maximum Gasteiger partial charge on any atom is 0.232 e. The molecule has 2 N–H and O–H groups in total. The Morgan fingerprint density at radius 2 is 2.29 bits per heavy atom. The molecular formula is C12H22N2O2S. The third-order valence-electron chi connectivity index (χ3n) is 3.18. The molecule has 1 saturated heterocycles. The Bertz CT molecular complexity index is 278. The summed E-state index contributed by atoms with van der Waals surface area (Å²) in [5.41, 5.74) is 5.57. The Kier molecular flexibility index (Phi) is 5.85. The van der Waals surface area contributed by atoms with Crippen molar-refractivity contribution in [1.82, 2.24) is 4.90 Å². The summed E-state index contributed by atoms with van der Waals surface area (Å²) in [6.07, 6.45) is 4.16. The average Bonchev–Trinajstić information content (AvgIpc) is 2.30. The highest BCUT2D eigenvalue weighted by Crippen LogP contribution is 2.15. The fourth-order valence-electron chi connectivity index (χ4n) is 2.11. The number of carbonyl (C=O) groups excluding carboxylic acids is 1. The largest absolute Gasteiger partial charge is 0.393 e. The summed E-state index contributed by atoms with van der Waals surface area (Å²) >= 11 is 4.92. The van der Waals surface area contributed by atoms with E-state index in [9.17, 15) is 4.79 Å². The lowest BCUT2D eigenvalue weighted by Gasteiger charge is -2.29. The Morgan fingerprint density at radius 1 is 1.59 bits per heavy atom. The first-order chi connectivity index (χ1) is 8.06. The third kappa shape index (κ3) is 4.24. The summed E-state index contributed by atoms with van der Waals surface area (Å²) in [7, 11) is 1.79. The van der Waals surface area contributed by atoms with Crippen LogP contribution in [0.25, 0.3) is 0 Å². The molecule has 0 saturated carbocycles. The summed E-state index contributed by atoms with van der Waals surface area (Å²) in [4.78, 5) is 14.1. The lowest BCUT2D eigenvalue weighted by Crippen LogP contribution is -2.43. The summed E-state index contributed by atoms with van der Waals surface area (Å²) in [5.74, 6) is -0.326. The molecule has 0 aromatic rings. The first kappa shape index (κ1) is 14.4. The van der Waals surface area contributed by atoms with Crippen molar-refractivity contribution in [3.05, 3.63) is 0 Å². The van der Waals surface area contributed by atoms with Crippen LogP contribution in [0.4, 0.5) is 0 Å². The molecule has 0 radical (unpaired) electrons. The van der Waals surface area contributed by atoms with Crippen LogP contribution in [0.2, 0.25) is 0 Å². The van der Waals surface area contributed by atoms with Gasteiger partial charge >= 0.3 is 0 Å². The van der Waals surface area contributed by atoms with Gasteiger partial charge in [-0.05, 0) is 25.7 Å². The number of carbonyl (C=O) groups is 1. The Balaban J connectivity index is 2.47. The number of likely N-dealkylation sites (N-methyl/N-ethyl adjacent to an activating group) is 1. The molecule has 0 aliphatic carbocycles. The fraction of sp³-hybridized carbons (Fsp3) is 0.833. The Hall–Kier alpha value is -0.680. The van der Waals surface area contributed by atoms with Crippen molar-refractivity contribution in [2.45, 2.75) is 38.7 Å². The van der Waals surface area contributed by atoms with Crippen LogP contribution in [-0.2, 0) is 9.53 Å². The highest BCUT2D eigenvalue weighted by Gasteiger charge is 2.25. The standard InChI is InChI=1S/C12H22N2O2S/c1-3-10(11(13)17)12(15)14(2)8-9-6-4-5-7-16-9/h9-10H,3-8H2,1-2H3,(H2,13,17). The van der Waals surface area contributed by atoms with E-state index in [0.717, 1.165) is 19.4 Å². The minimum absolute atomic E-state index is 0.00849. The van der Waals surface area contributed by atoms with Crippen molar-refractivity contribution >= 4 is 23.1 Å². The molecule has 5 heteroatoms. The van der Waals surface area contributed by atoms with E-state index in [0.29, 0.717) is 13.0 Å². The van der Waals surface area contributed by atoms with E-state index in [1.165, 1.54) is 6.42 Å². The molecule has 1 amide bonds. The quantitative estimate of drug-likeness (QED) is 0.756. The molecule has 0 aromatic carbocycles. The number of nitrogens with two attached hydrogens (primary N) is 1. The molecule has 1 rings (SSSR count). The molecule has 1 heterocycles. The van der Waals surface area contributed by atoms with Gasteiger partial charge in [-0.25, -0.2) is 0 Å². The van der Waals surface area contributed by atoms with Crippen molar-refractivity contribution in [2.24, 2.45) is 11.7 Å². The number of ether oxygens (including phenoxy) is 1.